The highest BCUT2D eigenvalue weighted by Crippen LogP contribution is 2.13. The monoisotopic (exact) mass is 236 g/mol. The average Bonchev–Trinajstić information content (AvgIpc) is 2.83. The van der Waals surface area contributed by atoms with Crippen LogP contribution in [0.1, 0.15) is 6.42 Å². The Morgan fingerprint density at radius 2 is 2.19 bits per heavy atom. The van der Waals surface area contributed by atoms with Gasteiger partial charge in [0.2, 0.25) is 0 Å². The van der Waals surface area contributed by atoms with E-state index < -0.39 is 0 Å². The summed E-state index contributed by atoms with van der Waals surface area (Å²) in [5, 5.41) is 3.97. The smallest absolute Gasteiger partial charge is 0.173 e. The van der Waals surface area contributed by atoms with Crippen molar-refractivity contribution < 1.29 is 4.74 Å². The molecule has 1 saturated heterocycles. The van der Waals surface area contributed by atoms with Gasteiger partial charge >= 0.3 is 0 Å². The number of ether oxygens (including phenoxy) is 1. The van der Waals surface area contributed by atoms with Crippen molar-refractivity contribution in [2.45, 2.75) is 12.5 Å². The Bertz CT molecular complexity index is 349. The Balaban J connectivity index is 1.92. The molecule has 86 valence electrons. The molecule has 1 N–H and O–H groups in total. The van der Waals surface area contributed by atoms with Crippen LogP contribution in [0.15, 0.2) is 30.3 Å². The fourth-order valence-corrected chi connectivity index (χ4v) is 1.99. The van der Waals surface area contributed by atoms with Crippen molar-refractivity contribution in [2.24, 2.45) is 0 Å². The van der Waals surface area contributed by atoms with Crippen LogP contribution in [0.2, 0.25) is 0 Å². The summed E-state index contributed by atoms with van der Waals surface area (Å²) in [4.78, 5) is 2.08. The summed E-state index contributed by atoms with van der Waals surface area (Å²) in [6.07, 6.45) is 1.05. The molecule has 0 radical (unpaired) electrons. The zero-order valence-corrected chi connectivity index (χ0v) is 10.2. The lowest BCUT2D eigenvalue weighted by atomic mass is 10.2. The van der Waals surface area contributed by atoms with E-state index in [1.165, 1.54) is 0 Å². The molecule has 1 heterocycles. The van der Waals surface area contributed by atoms with Gasteiger partial charge in [-0.15, -0.1) is 0 Å². The minimum Gasteiger partial charge on any atom is -0.379 e. The minimum atomic E-state index is 0.406. The maximum atomic E-state index is 5.35. The highest BCUT2D eigenvalue weighted by atomic mass is 32.1. The van der Waals surface area contributed by atoms with Crippen molar-refractivity contribution in [3.63, 3.8) is 0 Å². The van der Waals surface area contributed by atoms with Gasteiger partial charge in [0.25, 0.3) is 0 Å². The van der Waals surface area contributed by atoms with Crippen LogP contribution in [-0.2, 0) is 4.74 Å². The first-order valence-electron chi connectivity index (χ1n) is 5.44. The van der Waals surface area contributed by atoms with Gasteiger partial charge in [0.15, 0.2) is 5.11 Å². The topological polar surface area (TPSA) is 24.5 Å². The van der Waals surface area contributed by atoms with Gasteiger partial charge in [-0.3, -0.25) is 0 Å². The SMILES string of the molecule is CN(C(=S)Nc1ccccc1)C1CCOC1. The lowest BCUT2D eigenvalue weighted by Crippen LogP contribution is -2.39. The predicted molar refractivity (Wildman–Crippen MR) is 69.6 cm³/mol. The number of para-hydroxylation sites is 1. The number of rotatable bonds is 2. The molecular weight excluding hydrogens is 220 g/mol. The maximum Gasteiger partial charge on any atom is 0.173 e. The molecule has 0 aromatic heterocycles. The molecule has 0 spiro atoms. The first-order valence-corrected chi connectivity index (χ1v) is 5.85. The second-order valence-electron chi connectivity index (χ2n) is 3.92. The van der Waals surface area contributed by atoms with Gasteiger partial charge in [0.05, 0.1) is 12.6 Å². The number of nitrogens with zero attached hydrogens (tertiary/aromatic N) is 1. The van der Waals surface area contributed by atoms with Crippen LogP contribution in [0.4, 0.5) is 5.69 Å². The third-order valence-electron chi connectivity index (χ3n) is 2.80. The summed E-state index contributed by atoms with van der Waals surface area (Å²) in [5.74, 6) is 0. The summed E-state index contributed by atoms with van der Waals surface area (Å²) < 4.78 is 5.35. The van der Waals surface area contributed by atoms with E-state index in [9.17, 15) is 0 Å². The van der Waals surface area contributed by atoms with E-state index in [1.807, 2.05) is 37.4 Å². The predicted octanol–water partition coefficient (Wildman–Crippen LogP) is 2.10. The van der Waals surface area contributed by atoms with Crippen molar-refractivity contribution in [1.29, 1.82) is 0 Å². The number of hydrogen-bond acceptors (Lipinski definition) is 2. The van der Waals surface area contributed by atoms with Crippen LogP contribution in [0.5, 0.6) is 0 Å². The molecule has 1 aliphatic heterocycles. The van der Waals surface area contributed by atoms with Crippen molar-refractivity contribution >= 4 is 23.0 Å². The fourth-order valence-electron chi connectivity index (χ4n) is 1.73. The molecular formula is C12H16N2OS. The lowest BCUT2D eigenvalue weighted by molar-refractivity contribution is 0.179. The van der Waals surface area contributed by atoms with Crippen molar-refractivity contribution in [2.75, 3.05) is 25.6 Å². The van der Waals surface area contributed by atoms with Crippen molar-refractivity contribution in [3.05, 3.63) is 30.3 Å². The first-order chi connectivity index (χ1) is 7.77. The van der Waals surface area contributed by atoms with Gasteiger partial charge < -0.3 is 15.0 Å². The van der Waals surface area contributed by atoms with Gasteiger partial charge in [0, 0.05) is 19.3 Å². The Morgan fingerprint density at radius 3 is 2.81 bits per heavy atom. The molecule has 1 fully saturated rings. The van der Waals surface area contributed by atoms with E-state index in [1.54, 1.807) is 0 Å². The number of thiocarbonyl (C=S) groups is 1. The Labute approximate surface area is 101 Å². The first kappa shape index (κ1) is 11.4. The molecule has 1 unspecified atom stereocenters. The standard InChI is InChI=1S/C12H16N2OS/c1-14(11-7-8-15-9-11)12(16)13-10-5-3-2-4-6-10/h2-6,11H,7-9H2,1H3,(H,13,16). The molecule has 1 aromatic carbocycles. The second-order valence-corrected chi connectivity index (χ2v) is 4.31. The number of benzene rings is 1. The normalized spacial score (nSPS) is 19.4. The summed E-state index contributed by atoms with van der Waals surface area (Å²) in [7, 11) is 2.01. The van der Waals surface area contributed by atoms with Crippen molar-refractivity contribution in [1.82, 2.24) is 4.90 Å². The summed E-state index contributed by atoms with van der Waals surface area (Å²) in [6.45, 7) is 1.61. The molecule has 1 aliphatic rings. The van der Waals surface area contributed by atoms with Crippen LogP contribution in [0, 0.1) is 0 Å². The summed E-state index contributed by atoms with van der Waals surface area (Å²) in [5.41, 5.74) is 1.03. The van der Waals surface area contributed by atoms with Gasteiger partial charge in [-0.2, -0.15) is 0 Å². The molecule has 0 bridgehead atoms. The van der Waals surface area contributed by atoms with Crippen LogP contribution in [0.25, 0.3) is 0 Å². The molecule has 3 nitrogen and oxygen atoms in total. The van der Waals surface area contributed by atoms with Gasteiger partial charge in [-0.1, -0.05) is 18.2 Å². The third-order valence-corrected chi connectivity index (χ3v) is 3.19. The Hall–Kier alpha value is -1.13. The molecule has 1 aromatic rings. The van der Waals surface area contributed by atoms with E-state index >= 15 is 0 Å². The highest BCUT2D eigenvalue weighted by Gasteiger charge is 2.21. The number of hydrogen-bond donors (Lipinski definition) is 1. The molecule has 0 saturated carbocycles. The van der Waals surface area contributed by atoms with E-state index in [0.29, 0.717) is 6.04 Å². The zero-order valence-electron chi connectivity index (χ0n) is 9.35. The summed E-state index contributed by atoms with van der Waals surface area (Å²) in [6, 6.07) is 10.4. The molecule has 2 rings (SSSR count). The number of anilines is 1. The highest BCUT2D eigenvalue weighted by molar-refractivity contribution is 7.80. The third kappa shape index (κ3) is 2.71. The van der Waals surface area contributed by atoms with E-state index in [4.69, 9.17) is 17.0 Å². The van der Waals surface area contributed by atoms with E-state index in [-0.39, 0.29) is 0 Å². The number of nitrogens with one attached hydrogen (secondary N) is 1. The lowest BCUT2D eigenvalue weighted by Gasteiger charge is -2.26. The number of likely N-dealkylation sites (N-methyl/N-ethyl adjacent to an activating group) is 1. The van der Waals surface area contributed by atoms with Crippen LogP contribution in [-0.4, -0.2) is 36.3 Å². The Morgan fingerprint density at radius 1 is 1.44 bits per heavy atom. The molecule has 0 amide bonds. The maximum absolute atomic E-state index is 5.35. The van der Waals surface area contributed by atoms with E-state index in [2.05, 4.69) is 10.2 Å². The van der Waals surface area contributed by atoms with Crippen LogP contribution < -0.4 is 5.32 Å². The van der Waals surface area contributed by atoms with Gasteiger partial charge in [-0.05, 0) is 30.8 Å². The molecule has 4 heteroatoms. The largest absolute Gasteiger partial charge is 0.379 e. The summed E-state index contributed by atoms with van der Waals surface area (Å²) >= 11 is 5.35. The van der Waals surface area contributed by atoms with E-state index in [0.717, 1.165) is 30.4 Å². The van der Waals surface area contributed by atoms with Crippen molar-refractivity contribution in [3.8, 4) is 0 Å². The fraction of sp³-hybridized carbons (Fsp3) is 0.417. The van der Waals surface area contributed by atoms with Crippen LogP contribution in [0.3, 0.4) is 0 Å². The van der Waals surface area contributed by atoms with Crippen LogP contribution >= 0.6 is 12.2 Å². The minimum absolute atomic E-state index is 0.406. The van der Waals surface area contributed by atoms with Gasteiger partial charge in [-0.25, -0.2) is 0 Å². The second kappa shape index (κ2) is 5.27. The van der Waals surface area contributed by atoms with Gasteiger partial charge in [0.1, 0.15) is 0 Å². The molecule has 1 atom stereocenters. The zero-order chi connectivity index (χ0) is 11.4. The quantitative estimate of drug-likeness (QED) is 0.795. The molecule has 0 aliphatic carbocycles. The Kier molecular flexibility index (Phi) is 3.74. The molecule has 16 heavy (non-hydrogen) atoms. The average molecular weight is 236 g/mol.